The Kier molecular flexibility index (Phi) is 5.09. The Hall–Kier alpha value is -1.46. The largest absolute Gasteiger partial charge is 0.494 e. The number of methoxy groups -OCH3 is 1. The van der Waals surface area contributed by atoms with E-state index in [-0.39, 0.29) is 23.3 Å². The van der Waals surface area contributed by atoms with E-state index in [1.807, 2.05) is 18.0 Å². The molecule has 2 rings (SSSR count). The summed E-state index contributed by atoms with van der Waals surface area (Å²) in [6, 6.07) is 4.92. The van der Waals surface area contributed by atoms with E-state index in [1.54, 1.807) is 6.07 Å². The molecular formula is C15H20FNO3. The maximum Gasteiger partial charge on any atom is 0.165 e. The molecule has 0 bridgehead atoms. The van der Waals surface area contributed by atoms with Crippen LogP contribution in [0.1, 0.15) is 12.0 Å². The minimum absolute atomic E-state index is 0.0724. The molecule has 0 N–H and O–H groups in total. The lowest BCUT2D eigenvalue weighted by atomic mass is 10.00. The van der Waals surface area contributed by atoms with Gasteiger partial charge in [0.05, 0.1) is 26.2 Å². The van der Waals surface area contributed by atoms with Crippen LogP contribution in [-0.4, -0.2) is 44.6 Å². The summed E-state index contributed by atoms with van der Waals surface area (Å²) < 4.78 is 23.8. The topological polar surface area (TPSA) is 38.8 Å². The average Bonchev–Trinajstić information content (AvgIpc) is 2.41. The van der Waals surface area contributed by atoms with Crippen LogP contribution in [0.3, 0.4) is 0 Å². The SMILES string of the molecule is COc1ccc(CN(C)CC2COCCC2=O)cc1F. The van der Waals surface area contributed by atoms with Gasteiger partial charge in [0.2, 0.25) is 0 Å². The quantitative estimate of drug-likeness (QED) is 0.826. The van der Waals surface area contributed by atoms with Crippen molar-refractivity contribution in [3.63, 3.8) is 0 Å². The minimum Gasteiger partial charge on any atom is -0.494 e. The smallest absolute Gasteiger partial charge is 0.165 e. The summed E-state index contributed by atoms with van der Waals surface area (Å²) in [6.07, 6.45) is 0.496. The van der Waals surface area contributed by atoms with Gasteiger partial charge in [0, 0.05) is 19.5 Å². The molecule has 5 heteroatoms. The van der Waals surface area contributed by atoms with Crippen molar-refractivity contribution in [2.75, 3.05) is 33.9 Å². The van der Waals surface area contributed by atoms with E-state index in [9.17, 15) is 9.18 Å². The maximum atomic E-state index is 13.6. The first-order valence-electron chi connectivity index (χ1n) is 6.71. The van der Waals surface area contributed by atoms with Gasteiger partial charge in [0.15, 0.2) is 11.6 Å². The van der Waals surface area contributed by atoms with Crippen LogP contribution in [0.2, 0.25) is 0 Å². The van der Waals surface area contributed by atoms with E-state index in [2.05, 4.69) is 0 Å². The molecule has 1 aromatic carbocycles. The van der Waals surface area contributed by atoms with Crippen LogP contribution in [0.4, 0.5) is 4.39 Å². The monoisotopic (exact) mass is 281 g/mol. The third-order valence-electron chi connectivity index (χ3n) is 3.47. The molecule has 1 atom stereocenters. The Morgan fingerprint density at radius 2 is 2.30 bits per heavy atom. The first-order valence-corrected chi connectivity index (χ1v) is 6.71. The average molecular weight is 281 g/mol. The Balaban J connectivity index is 1.92. The summed E-state index contributed by atoms with van der Waals surface area (Å²) in [5, 5.41) is 0. The molecule has 0 amide bonds. The number of ether oxygens (including phenoxy) is 2. The molecule has 1 aliphatic heterocycles. The van der Waals surface area contributed by atoms with E-state index in [4.69, 9.17) is 9.47 Å². The number of rotatable bonds is 5. The first kappa shape index (κ1) is 14.9. The molecule has 20 heavy (non-hydrogen) atoms. The second-order valence-electron chi connectivity index (χ2n) is 5.15. The van der Waals surface area contributed by atoms with E-state index in [1.165, 1.54) is 13.2 Å². The molecule has 1 unspecified atom stereocenters. The van der Waals surface area contributed by atoms with E-state index >= 15 is 0 Å². The van der Waals surface area contributed by atoms with Gasteiger partial charge in [-0.05, 0) is 24.7 Å². The van der Waals surface area contributed by atoms with Gasteiger partial charge in [0.25, 0.3) is 0 Å². The number of hydrogen-bond acceptors (Lipinski definition) is 4. The van der Waals surface area contributed by atoms with Crippen molar-refractivity contribution in [3.05, 3.63) is 29.6 Å². The Bertz CT molecular complexity index is 478. The van der Waals surface area contributed by atoms with Crippen molar-refractivity contribution in [2.45, 2.75) is 13.0 Å². The number of carbonyl (C=O) groups excluding carboxylic acids is 1. The fourth-order valence-electron chi connectivity index (χ4n) is 2.41. The van der Waals surface area contributed by atoms with E-state index in [0.29, 0.717) is 32.7 Å². The standard InChI is InChI=1S/C15H20FNO3/c1-17(9-12-10-20-6-5-14(12)18)8-11-3-4-15(19-2)13(16)7-11/h3-4,7,12H,5-6,8-10H2,1-2H3. The summed E-state index contributed by atoms with van der Waals surface area (Å²) >= 11 is 0. The molecule has 4 nitrogen and oxygen atoms in total. The van der Waals surface area contributed by atoms with Gasteiger partial charge in [-0.25, -0.2) is 4.39 Å². The summed E-state index contributed by atoms with van der Waals surface area (Å²) in [4.78, 5) is 13.7. The molecule has 1 saturated heterocycles. The van der Waals surface area contributed by atoms with Gasteiger partial charge in [0.1, 0.15) is 5.78 Å². The molecule has 1 heterocycles. The molecule has 0 aromatic heterocycles. The minimum atomic E-state index is -0.365. The van der Waals surface area contributed by atoms with Crippen LogP contribution < -0.4 is 4.74 Å². The zero-order chi connectivity index (χ0) is 14.5. The van der Waals surface area contributed by atoms with Gasteiger partial charge in [-0.2, -0.15) is 0 Å². The number of nitrogens with zero attached hydrogens (tertiary/aromatic N) is 1. The van der Waals surface area contributed by atoms with Gasteiger partial charge < -0.3 is 14.4 Å². The second kappa shape index (κ2) is 6.81. The second-order valence-corrected chi connectivity index (χ2v) is 5.15. The molecule has 0 saturated carbocycles. The normalized spacial score (nSPS) is 19.4. The number of benzene rings is 1. The molecule has 0 aliphatic carbocycles. The van der Waals surface area contributed by atoms with Gasteiger partial charge in [-0.15, -0.1) is 0 Å². The number of halogens is 1. The molecule has 110 valence electrons. The van der Waals surface area contributed by atoms with E-state index in [0.717, 1.165) is 5.56 Å². The van der Waals surface area contributed by atoms with Crippen LogP contribution >= 0.6 is 0 Å². The Morgan fingerprint density at radius 3 is 2.95 bits per heavy atom. The van der Waals surface area contributed by atoms with Crippen molar-refractivity contribution >= 4 is 5.78 Å². The van der Waals surface area contributed by atoms with Gasteiger partial charge in [-0.1, -0.05) is 6.07 Å². The van der Waals surface area contributed by atoms with Crippen LogP contribution in [0.25, 0.3) is 0 Å². The van der Waals surface area contributed by atoms with Crippen molar-refractivity contribution < 1.29 is 18.7 Å². The first-order chi connectivity index (χ1) is 9.60. The van der Waals surface area contributed by atoms with Crippen molar-refractivity contribution in [2.24, 2.45) is 5.92 Å². The summed E-state index contributed by atoms with van der Waals surface area (Å²) in [5.41, 5.74) is 0.856. The lowest BCUT2D eigenvalue weighted by Gasteiger charge is -2.26. The van der Waals surface area contributed by atoms with Crippen LogP contribution in [0.5, 0.6) is 5.75 Å². The molecular weight excluding hydrogens is 261 g/mol. The lowest BCUT2D eigenvalue weighted by Crippen LogP contribution is -2.36. The molecule has 0 radical (unpaired) electrons. The number of carbonyl (C=O) groups is 1. The predicted octanol–water partition coefficient (Wildman–Crippen LogP) is 1.87. The molecule has 1 aliphatic rings. The fourth-order valence-corrected chi connectivity index (χ4v) is 2.41. The molecule has 1 aromatic rings. The fraction of sp³-hybridized carbons (Fsp3) is 0.533. The third kappa shape index (κ3) is 3.77. The lowest BCUT2D eigenvalue weighted by molar-refractivity contribution is -0.131. The summed E-state index contributed by atoms with van der Waals surface area (Å²) in [6.45, 7) is 2.24. The van der Waals surface area contributed by atoms with Crippen LogP contribution in [0, 0.1) is 11.7 Å². The molecule has 1 fully saturated rings. The van der Waals surface area contributed by atoms with Crippen molar-refractivity contribution in [1.29, 1.82) is 0 Å². The molecule has 0 spiro atoms. The van der Waals surface area contributed by atoms with Crippen molar-refractivity contribution in [1.82, 2.24) is 4.90 Å². The van der Waals surface area contributed by atoms with Crippen molar-refractivity contribution in [3.8, 4) is 5.75 Å². The Morgan fingerprint density at radius 1 is 1.50 bits per heavy atom. The van der Waals surface area contributed by atoms with Gasteiger partial charge >= 0.3 is 0 Å². The van der Waals surface area contributed by atoms with Gasteiger partial charge in [-0.3, -0.25) is 4.79 Å². The van der Waals surface area contributed by atoms with E-state index < -0.39 is 0 Å². The number of hydrogen-bond donors (Lipinski definition) is 0. The maximum absolute atomic E-state index is 13.6. The third-order valence-corrected chi connectivity index (χ3v) is 3.47. The highest BCUT2D eigenvalue weighted by molar-refractivity contribution is 5.82. The number of Topliss-reactive ketones (excluding diaryl/α,β-unsaturated/α-hetero) is 1. The predicted molar refractivity (Wildman–Crippen MR) is 73.2 cm³/mol. The highest BCUT2D eigenvalue weighted by Crippen LogP contribution is 2.19. The van der Waals surface area contributed by atoms with Crippen LogP contribution in [-0.2, 0) is 16.1 Å². The highest BCUT2D eigenvalue weighted by Gasteiger charge is 2.24. The summed E-state index contributed by atoms with van der Waals surface area (Å²) in [7, 11) is 3.36. The Labute approximate surface area is 118 Å². The zero-order valence-electron chi connectivity index (χ0n) is 11.9. The summed E-state index contributed by atoms with van der Waals surface area (Å²) in [5.74, 6) is 0.0589. The number of ketones is 1. The van der Waals surface area contributed by atoms with Crippen LogP contribution in [0.15, 0.2) is 18.2 Å². The highest BCUT2D eigenvalue weighted by atomic mass is 19.1. The zero-order valence-corrected chi connectivity index (χ0v) is 11.9.